The fraction of sp³-hybridized carbons (Fsp3) is 0.333. The van der Waals surface area contributed by atoms with E-state index in [1.807, 2.05) is 26.0 Å². The minimum absolute atomic E-state index is 0.0654. The third-order valence-electron chi connectivity index (χ3n) is 2.22. The van der Waals surface area contributed by atoms with Crippen LogP contribution in [-0.4, -0.2) is 5.91 Å². The first-order valence-electron chi connectivity index (χ1n) is 4.75. The normalized spacial score (nSPS) is 10.5. The lowest BCUT2D eigenvalue weighted by Gasteiger charge is -2.26. The molecule has 3 heteroatoms. The Bertz CT molecular complexity index is 399. The molecule has 0 saturated heterocycles. The number of hydrogen-bond donors (Lipinski definition) is 1. The first-order valence-corrected chi connectivity index (χ1v) is 4.75. The summed E-state index contributed by atoms with van der Waals surface area (Å²) in [5, 5.41) is 11.5. The Hall–Kier alpha value is -1.82. The Morgan fingerprint density at radius 3 is 2.27 bits per heavy atom. The summed E-state index contributed by atoms with van der Waals surface area (Å²) in [6, 6.07) is 9.27. The number of nitrogens with one attached hydrogen (secondary N) is 1. The molecule has 3 nitrogen and oxygen atoms in total. The summed E-state index contributed by atoms with van der Waals surface area (Å²) in [7, 11) is 0. The van der Waals surface area contributed by atoms with Gasteiger partial charge in [-0.1, -0.05) is 12.1 Å². The van der Waals surface area contributed by atoms with Crippen molar-refractivity contribution >= 4 is 5.91 Å². The maximum atomic E-state index is 11.0. The summed E-state index contributed by atoms with van der Waals surface area (Å²) in [5.41, 5.74) is 1.20. The number of amides is 1. The highest BCUT2D eigenvalue weighted by Gasteiger charge is 2.20. The summed E-state index contributed by atoms with van der Waals surface area (Å²) in [6.07, 6.45) is 0. The van der Waals surface area contributed by atoms with Crippen LogP contribution < -0.4 is 5.32 Å². The predicted molar refractivity (Wildman–Crippen MR) is 58.0 cm³/mol. The zero-order valence-corrected chi connectivity index (χ0v) is 9.16. The van der Waals surface area contributed by atoms with Crippen LogP contribution in [-0.2, 0) is 10.3 Å². The van der Waals surface area contributed by atoms with Crippen LogP contribution >= 0.6 is 0 Å². The third kappa shape index (κ3) is 2.81. The van der Waals surface area contributed by atoms with Gasteiger partial charge in [-0.25, -0.2) is 0 Å². The van der Waals surface area contributed by atoms with Crippen LogP contribution in [0.1, 0.15) is 31.9 Å². The van der Waals surface area contributed by atoms with Gasteiger partial charge in [0, 0.05) is 6.92 Å². The average Bonchev–Trinajstić information content (AvgIpc) is 2.16. The lowest BCUT2D eigenvalue weighted by Crippen LogP contribution is -2.39. The second-order valence-corrected chi connectivity index (χ2v) is 4.00. The van der Waals surface area contributed by atoms with Gasteiger partial charge < -0.3 is 5.32 Å². The SMILES string of the molecule is CC(=O)NC(C)(C)c1ccc(C#N)cc1. The van der Waals surface area contributed by atoms with Gasteiger partial charge in [-0.15, -0.1) is 0 Å². The van der Waals surface area contributed by atoms with E-state index in [0.29, 0.717) is 5.56 Å². The lowest BCUT2D eigenvalue weighted by atomic mass is 9.93. The molecule has 0 aliphatic carbocycles. The largest absolute Gasteiger partial charge is 0.347 e. The zero-order valence-electron chi connectivity index (χ0n) is 9.16. The standard InChI is InChI=1S/C12H14N2O/c1-9(15)14-12(2,3)11-6-4-10(8-13)5-7-11/h4-7H,1-3H3,(H,14,15). The van der Waals surface area contributed by atoms with Crippen LogP contribution in [0.5, 0.6) is 0 Å². The van der Waals surface area contributed by atoms with Crippen LogP contribution in [0.25, 0.3) is 0 Å². The van der Waals surface area contributed by atoms with E-state index in [0.717, 1.165) is 5.56 Å². The Balaban J connectivity index is 2.95. The van der Waals surface area contributed by atoms with Crippen molar-refractivity contribution in [2.75, 3.05) is 0 Å². The molecule has 1 rings (SSSR count). The molecule has 0 aliphatic heterocycles. The van der Waals surface area contributed by atoms with Crippen LogP contribution in [0.2, 0.25) is 0 Å². The number of carbonyl (C=O) groups is 1. The number of rotatable bonds is 2. The minimum atomic E-state index is -0.403. The van der Waals surface area contributed by atoms with Gasteiger partial charge in [0.25, 0.3) is 0 Å². The molecule has 0 aromatic heterocycles. The molecule has 0 radical (unpaired) electrons. The second kappa shape index (κ2) is 4.14. The van der Waals surface area contributed by atoms with Gasteiger partial charge in [0.1, 0.15) is 0 Å². The molecular weight excluding hydrogens is 188 g/mol. The molecule has 1 amide bonds. The highest BCUT2D eigenvalue weighted by Crippen LogP contribution is 2.20. The number of nitrogens with zero attached hydrogens (tertiary/aromatic N) is 1. The minimum Gasteiger partial charge on any atom is -0.347 e. The number of benzene rings is 1. The molecule has 0 spiro atoms. The van der Waals surface area contributed by atoms with Gasteiger partial charge in [-0.3, -0.25) is 4.79 Å². The first-order chi connectivity index (χ1) is 6.95. The van der Waals surface area contributed by atoms with Gasteiger partial charge >= 0.3 is 0 Å². The van der Waals surface area contributed by atoms with Crippen LogP contribution in [0.4, 0.5) is 0 Å². The number of nitriles is 1. The third-order valence-corrected chi connectivity index (χ3v) is 2.22. The van der Waals surface area contributed by atoms with Crippen LogP contribution in [0.15, 0.2) is 24.3 Å². The van der Waals surface area contributed by atoms with Gasteiger partial charge in [0.2, 0.25) is 5.91 Å². The molecular formula is C12H14N2O. The molecule has 1 aromatic carbocycles. The topological polar surface area (TPSA) is 52.9 Å². The van der Waals surface area contributed by atoms with E-state index >= 15 is 0 Å². The summed E-state index contributed by atoms with van der Waals surface area (Å²) >= 11 is 0. The molecule has 0 saturated carbocycles. The molecule has 78 valence electrons. The first kappa shape index (κ1) is 11.3. The Labute approximate surface area is 89.7 Å². The van der Waals surface area contributed by atoms with Crippen molar-refractivity contribution in [3.63, 3.8) is 0 Å². The van der Waals surface area contributed by atoms with E-state index in [9.17, 15) is 4.79 Å². The summed E-state index contributed by atoms with van der Waals surface area (Å²) in [4.78, 5) is 11.0. The second-order valence-electron chi connectivity index (χ2n) is 4.00. The Morgan fingerprint density at radius 1 is 1.33 bits per heavy atom. The lowest BCUT2D eigenvalue weighted by molar-refractivity contribution is -0.120. The fourth-order valence-corrected chi connectivity index (χ4v) is 1.47. The van der Waals surface area contributed by atoms with E-state index in [4.69, 9.17) is 5.26 Å². The van der Waals surface area contributed by atoms with Crippen LogP contribution in [0.3, 0.4) is 0 Å². The molecule has 1 aromatic rings. The molecule has 0 bridgehead atoms. The summed E-state index contributed by atoms with van der Waals surface area (Å²) in [5.74, 6) is -0.0654. The summed E-state index contributed by atoms with van der Waals surface area (Å²) < 4.78 is 0. The van der Waals surface area contributed by atoms with Gasteiger partial charge in [-0.2, -0.15) is 5.26 Å². The molecule has 1 N–H and O–H groups in total. The van der Waals surface area contributed by atoms with Crippen molar-refractivity contribution in [1.29, 1.82) is 5.26 Å². The molecule has 0 unspecified atom stereocenters. The summed E-state index contributed by atoms with van der Waals surface area (Å²) in [6.45, 7) is 5.34. The Kier molecular flexibility index (Phi) is 3.11. The maximum absolute atomic E-state index is 11.0. The van der Waals surface area contributed by atoms with E-state index < -0.39 is 5.54 Å². The van der Waals surface area contributed by atoms with Crippen molar-refractivity contribution in [3.05, 3.63) is 35.4 Å². The van der Waals surface area contributed by atoms with Gasteiger partial charge in [0.05, 0.1) is 17.2 Å². The van der Waals surface area contributed by atoms with Gasteiger partial charge in [0.15, 0.2) is 0 Å². The van der Waals surface area contributed by atoms with Crippen molar-refractivity contribution in [3.8, 4) is 6.07 Å². The smallest absolute Gasteiger partial charge is 0.217 e. The Morgan fingerprint density at radius 2 is 1.87 bits per heavy atom. The molecule has 0 heterocycles. The van der Waals surface area contributed by atoms with Crippen molar-refractivity contribution in [2.24, 2.45) is 0 Å². The zero-order chi connectivity index (χ0) is 11.5. The highest BCUT2D eigenvalue weighted by atomic mass is 16.1. The molecule has 0 atom stereocenters. The van der Waals surface area contributed by atoms with E-state index in [-0.39, 0.29) is 5.91 Å². The maximum Gasteiger partial charge on any atom is 0.217 e. The molecule has 0 fully saturated rings. The number of carbonyl (C=O) groups excluding carboxylic acids is 1. The van der Waals surface area contributed by atoms with Crippen LogP contribution in [0, 0.1) is 11.3 Å². The quantitative estimate of drug-likeness (QED) is 0.796. The van der Waals surface area contributed by atoms with E-state index in [2.05, 4.69) is 11.4 Å². The fourth-order valence-electron chi connectivity index (χ4n) is 1.47. The molecule has 0 aliphatic rings. The average molecular weight is 202 g/mol. The van der Waals surface area contributed by atoms with Crippen molar-refractivity contribution in [2.45, 2.75) is 26.3 Å². The van der Waals surface area contributed by atoms with Crippen molar-refractivity contribution < 1.29 is 4.79 Å². The highest BCUT2D eigenvalue weighted by molar-refractivity contribution is 5.74. The molecule has 15 heavy (non-hydrogen) atoms. The van der Waals surface area contributed by atoms with Crippen molar-refractivity contribution in [1.82, 2.24) is 5.32 Å². The monoisotopic (exact) mass is 202 g/mol. The predicted octanol–water partition coefficient (Wildman–Crippen LogP) is 1.93. The van der Waals surface area contributed by atoms with E-state index in [1.54, 1.807) is 12.1 Å². The van der Waals surface area contributed by atoms with E-state index in [1.165, 1.54) is 6.92 Å². The number of hydrogen-bond acceptors (Lipinski definition) is 2. The van der Waals surface area contributed by atoms with Gasteiger partial charge in [-0.05, 0) is 31.5 Å².